The van der Waals surface area contributed by atoms with Crippen molar-refractivity contribution in [1.29, 1.82) is 0 Å². The van der Waals surface area contributed by atoms with Gasteiger partial charge >= 0.3 is 0 Å². The van der Waals surface area contributed by atoms with E-state index in [0.29, 0.717) is 11.1 Å². The molecule has 0 saturated heterocycles. The Labute approximate surface area is 229 Å². The molecule has 3 aromatic heterocycles. The van der Waals surface area contributed by atoms with E-state index in [9.17, 15) is 0 Å². The van der Waals surface area contributed by atoms with Crippen LogP contribution in [-0.2, 0) is 0 Å². The van der Waals surface area contributed by atoms with Crippen LogP contribution in [0.2, 0.25) is 0 Å². The number of furan rings is 1. The van der Waals surface area contributed by atoms with Gasteiger partial charge in [-0.2, -0.15) is 0 Å². The average molecular weight is 520 g/mol. The molecule has 0 atom stereocenters. The van der Waals surface area contributed by atoms with E-state index in [1.807, 2.05) is 97.9 Å². The van der Waals surface area contributed by atoms with E-state index < -0.39 is 0 Å². The molecule has 0 radical (unpaired) electrons. The lowest BCUT2D eigenvalue weighted by Gasteiger charge is -2.18. The van der Waals surface area contributed by atoms with Crippen LogP contribution in [0.4, 0.5) is 4.39 Å². The molecule has 0 bridgehead atoms. The van der Waals surface area contributed by atoms with Gasteiger partial charge in [0.2, 0.25) is 5.71 Å². The first kappa shape index (κ1) is 22.7. The maximum absolute atomic E-state index is 15.6. The van der Waals surface area contributed by atoms with Crippen molar-refractivity contribution >= 4 is 43.9 Å². The van der Waals surface area contributed by atoms with Gasteiger partial charge in [-0.15, -0.1) is 0 Å². The van der Waals surface area contributed by atoms with Crippen LogP contribution in [-0.4, -0.2) is 14.5 Å². The molecule has 190 valence electrons. The number of halogens is 1. The zero-order valence-corrected chi connectivity index (χ0v) is 21.6. The number of aromatic nitrogens is 3. The molecule has 40 heavy (non-hydrogen) atoms. The second kappa shape index (κ2) is 8.61. The molecular formula is C35H22FN3O. The molecule has 5 heteroatoms. The summed E-state index contributed by atoms with van der Waals surface area (Å²) < 4.78 is 24.2. The first-order chi connectivity index (χ1) is 19.7. The molecular weight excluding hydrogens is 497 g/mol. The lowest BCUT2D eigenvalue weighted by Crippen LogP contribution is -2.03. The van der Waals surface area contributed by atoms with E-state index >= 15 is 4.39 Å². The standard InChI is InChI=1S/C35H22FN3O/c1-21-18-19-26-25-14-9-15-27(33(25)40-35(26)37-21)34-38-30-16-7-8-17-31(30)39(34)32-24-13-6-5-12-23(24)29(36)20-28(32)22-10-3-2-4-11-22/h2-20H,1H3. The molecule has 0 N–H and O–H groups in total. The van der Waals surface area contributed by atoms with Crippen molar-refractivity contribution in [2.75, 3.05) is 0 Å². The lowest BCUT2D eigenvalue weighted by atomic mass is 9.97. The third-order valence-electron chi connectivity index (χ3n) is 7.58. The van der Waals surface area contributed by atoms with Gasteiger partial charge in [-0.3, -0.25) is 4.57 Å². The minimum Gasteiger partial charge on any atom is -0.437 e. The van der Waals surface area contributed by atoms with E-state index in [4.69, 9.17) is 9.40 Å². The Kier molecular flexibility index (Phi) is 4.88. The predicted octanol–water partition coefficient (Wildman–Crippen LogP) is 9.25. The first-order valence-corrected chi connectivity index (χ1v) is 13.2. The number of fused-ring (bicyclic) bond motifs is 5. The number of pyridine rings is 1. The molecule has 4 nitrogen and oxygen atoms in total. The Hall–Kier alpha value is -5.29. The summed E-state index contributed by atoms with van der Waals surface area (Å²) in [6.45, 7) is 1.96. The van der Waals surface area contributed by atoms with Gasteiger partial charge in [0.25, 0.3) is 0 Å². The SMILES string of the molecule is Cc1ccc2c(n1)oc1c(-c3nc4ccccc4n3-c3c(-c4ccccc4)cc(F)c4ccccc34)cccc12. The van der Waals surface area contributed by atoms with Crippen LogP contribution in [0.5, 0.6) is 0 Å². The maximum atomic E-state index is 15.6. The summed E-state index contributed by atoms with van der Waals surface area (Å²) in [7, 11) is 0. The Morgan fingerprint density at radius 3 is 2.27 bits per heavy atom. The first-order valence-electron chi connectivity index (χ1n) is 13.2. The van der Waals surface area contributed by atoms with Crippen molar-refractivity contribution in [3.8, 4) is 28.2 Å². The molecule has 8 aromatic rings. The number of para-hydroxylation sites is 3. The minimum atomic E-state index is -0.259. The Bertz CT molecular complexity index is 2250. The number of hydrogen-bond donors (Lipinski definition) is 0. The molecule has 0 fully saturated rings. The van der Waals surface area contributed by atoms with Crippen molar-refractivity contribution < 1.29 is 8.81 Å². The summed E-state index contributed by atoms with van der Waals surface area (Å²) in [6.07, 6.45) is 0. The van der Waals surface area contributed by atoms with Crippen LogP contribution in [0.25, 0.3) is 72.1 Å². The molecule has 5 aromatic carbocycles. The van der Waals surface area contributed by atoms with Gasteiger partial charge in [-0.1, -0.05) is 78.9 Å². The summed E-state index contributed by atoms with van der Waals surface area (Å²) in [5.41, 5.74) is 7.40. The quantitative estimate of drug-likeness (QED) is 0.234. The average Bonchev–Trinajstić information content (AvgIpc) is 3.55. The van der Waals surface area contributed by atoms with E-state index in [-0.39, 0.29) is 5.82 Å². The summed E-state index contributed by atoms with van der Waals surface area (Å²) in [6, 6.07) is 37.4. The number of hydrogen-bond acceptors (Lipinski definition) is 3. The molecule has 0 aliphatic carbocycles. The van der Waals surface area contributed by atoms with E-state index in [2.05, 4.69) is 27.8 Å². The Morgan fingerprint density at radius 2 is 1.40 bits per heavy atom. The second-order valence-corrected chi connectivity index (χ2v) is 10.0. The fourth-order valence-corrected chi connectivity index (χ4v) is 5.77. The van der Waals surface area contributed by atoms with Crippen LogP contribution in [0.1, 0.15) is 5.69 Å². The highest BCUT2D eigenvalue weighted by Crippen LogP contribution is 2.42. The van der Waals surface area contributed by atoms with Gasteiger partial charge in [-0.25, -0.2) is 14.4 Å². The third kappa shape index (κ3) is 3.31. The zero-order valence-electron chi connectivity index (χ0n) is 21.6. The van der Waals surface area contributed by atoms with Crippen molar-refractivity contribution in [1.82, 2.24) is 14.5 Å². The van der Waals surface area contributed by atoms with Crippen molar-refractivity contribution in [3.63, 3.8) is 0 Å². The summed E-state index contributed by atoms with van der Waals surface area (Å²) in [5, 5.41) is 3.30. The van der Waals surface area contributed by atoms with Gasteiger partial charge < -0.3 is 4.42 Å². The van der Waals surface area contributed by atoms with Crippen molar-refractivity contribution in [2.45, 2.75) is 6.92 Å². The normalized spacial score (nSPS) is 11.8. The number of rotatable bonds is 3. The highest BCUT2D eigenvalue weighted by molar-refractivity contribution is 6.09. The van der Waals surface area contributed by atoms with Crippen LogP contribution in [0, 0.1) is 12.7 Å². The van der Waals surface area contributed by atoms with Crippen molar-refractivity contribution in [2.24, 2.45) is 0 Å². The number of imidazole rings is 1. The molecule has 0 spiro atoms. The summed E-state index contributed by atoms with van der Waals surface area (Å²) in [4.78, 5) is 9.79. The number of nitrogens with zero attached hydrogens (tertiary/aromatic N) is 3. The zero-order chi connectivity index (χ0) is 26.8. The monoisotopic (exact) mass is 519 g/mol. The number of benzene rings is 5. The minimum absolute atomic E-state index is 0.259. The van der Waals surface area contributed by atoms with Gasteiger partial charge in [-0.05, 0) is 48.9 Å². The largest absolute Gasteiger partial charge is 0.437 e. The van der Waals surface area contributed by atoms with Crippen LogP contribution in [0.15, 0.2) is 120 Å². The molecule has 0 unspecified atom stereocenters. The third-order valence-corrected chi connectivity index (χ3v) is 7.58. The fraction of sp³-hybridized carbons (Fsp3) is 0.0286. The predicted molar refractivity (Wildman–Crippen MR) is 159 cm³/mol. The van der Waals surface area contributed by atoms with Gasteiger partial charge in [0, 0.05) is 32.8 Å². The summed E-state index contributed by atoms with van der Waals surface area (Å²) in [5.74, 6) is 0.460. The van der Waals surface area contributed by atoms with Gasteiger partial charge in [0.15, 0.2) is 0 Å². The molecule has 0 aliphatic rings. The smallest absolute Gasteiger partial charge is 0.227 e. The highest BCUT2D eigenvalue weighted by atomic mass is 19.1. The molecule has 0 aliphatic heterocycles. The van der Waals surface area contributed by atoms with E-state index in [1.165, 1.54) is 0 Å². The van der Waals surface area contributed by atoms with Crippen LogP contribution in [0.3, 0.4) is 0 Å². The lowest BCUT2D eigenvalue weighted by molar-refractivity contribution is 0.640. The van der Waals surface area contributed by atoms with Gasteiger partial charge in [0.05, 0.1) is 22.3 Å². The second-order valence-electron chi connectivity index (χ2n) is 10.0. The molecule has 3 heterocycles. The van der Waals surface area contributed by atoms with Crippen molar-refractivity contribution in [3.05, 3.63) is 127 Å². The Morgan fingerprint density at radius 1 is 0.650 bits per heavy atom. The topological polar surface area (TPSA) is 43.9 Å². The molecule has 8 rings (SSSR count). The molecule has 0 amide bonds. The highest BCUT2D eigenvalue weighted by Gasteiger charge is 2.24. The van der Waals surface area contributed by atoms with Crippen LogP contribution < -0.4 is 0 Å². The number of aryl methyl sites for hydroxylation is 1. The van der Waals surface area contributed by atoms with Gasteiger partial charge in [0.1, 0.15) is 17.2 Å². The van der Waals surface area contributed by atoms with Crippen LogP contribution >= 0.6 is 0 Å². The van der Waals surface area contributed by atoms with E-state index in [1.54, 1.807) is 6.07 Å². The summed E-state index contributed by atoms with van der Waals surface area (Å²) >= 11 is 0. The van der Waals surface area contributed by atoms with E-state index in [0.717, 1.165) is 66.7 Å². The molecule has 0 saturated carbocycles. The Balaban J connectivity index is 1.55. The maximum Gasteiger partial charge on any atom is 0.227 e. The fourth-order valence-electron chi connectivity index (χ4n) is 5.77.